The van der Waals surface area contributed by atoms with E-state index in [0.717, 1.165) is 34.8 Å². The largest absolute Gasteiger partial charge is 0.449 e. The summed E-state index contributed by atoms with van der Waals surface area (Å²) in [5.41, 5.74) is 3.36. The molecule has 1 aliphatic rings. The van der Waals surface area contributed by atoms with Crippen molar-refractivity contribution in [3.05, 3.63) is 33.0 Å². The number of furan rings is 1. The van der Waals surface area contributed by atoms with Crippen LogP contribution in [0.25, 0.3) is 11.0 Å². The Morgan fingerprint density at radius 2 is 2.19 bits per heavy atom. The molecule has 2 heterocycles. The predicted molar refractivity (Wildman–Crippen MR) is 69.0 cm³/mol. The fourth-order valence-corrected chi connectivity index (χ4v) is 3.06. The van der Waals surface area contributed by atoms with Crippen LogP contribution in [0.3, 0.4) is 0 Å². The SMILES string of the molecule is CN1CCc2c(Cl)ccc3oc(Br)c(c23)C1. The smallest absolute Gasteiger partial charge is 0.175 e. The van der Waals surface area contributed by atoms with E-state index in [1.165, 1.54) is 16.5 Å². The molecule has 0 unspecified atom stereocenters. The molecule has 3 rings (SSSR count). The van der Waals surface area contributed by atoms with E-state index in [9.17, 15) is 0 Å². The van der Waals surface area contributed by atoms with Crippen LogP contribution in [0, 0.1) is 0 Å². The maximum absolute atomic E-state index is 6.26. The molecule has 2 aromatic rings. The minimum atomic E-state index is 0.833. The van der Waals surface area contributed by atoms with Gasteiger partial charge in [0.15, 0.2) is 4.67 Å². The average Bonchev–Trinajstić information content (AvgIpc) is 2.46. The molecule has 0 spiro atoms. The van der Waals surface area contributed by atoms with Crippen molar-refractivity contribution in [2.75, 3.05) is 13.6 Å². The molecule has 84 valence electrons. The first-order chi connectivity index (χ1) is 7.66. The first-order valence-electron chi connectivity index (χ1n) is 5.23. The lowest BCUT2D eigenvalue weighted by molar-refractivity contribution is 0.333. The highest BCUT2D eigenvalue weighted by atomic mass is 79.9. The van der Waals surface area contributed by atoms with Crippen LogP contribution in [0.15, 0.2) is 21.2 Å². The van der Waals surface area contributed by atoms with Gasteiger partial charge in [0.25, 0.3) is 0 Å². The van der Waals surface area contributed by atoms with Gasteiger partial charge in [-0.1, -0.05) is 11.6 Å². The second-order valence-electron chi connectivity index (χ2n) is 4.24. The van der Waals surface area contributed by atoms with E-state index in [4.69, 9.17) is 16.0 Å². The fourth-order valence-electron chi connectivity index (χ4n) is 2.31. The van der Waals surface area contributed by atoms with Crippen LogP contribution in [0.2, 0.25) is 5.02 Å². The summed E-state index contributed by atoms with van der Waals surface area (Å²) in [7, 11) is 2.12. The second kappa shape index (κ2) is 3.76. The van der Waals surface area contributed by atoms with Crippen LogP contribution in [0.5, 0.6) is 0 Å². The Kier molecular flexibility index (Phi) is 2.50. The van der Waals surface area contributed by atoms with Crippen molar-refractivity contribution < 1.29 is 4.42 Å². The van der Waals surface area contributed by atoms with Crippen LogP contribution in [-0.2, 0) is 13.0 Å². The molecule has 0 radical (unpaired) electrons. The molecule has 0 atom stereocenters. The number of benzene rings is 1. The van der Waals surface area contributed by atoms with Gasteiger partial charge < -0.3 is 9.32 Å². The Morgan fingerprint density at radius 3 is 3.00 bits per heavy atom. The van der Waals surface area contributed by atoms with E-state index in [1.54, 1.807) is 0 Å². The van der Waals surface area contributed by atoms with Crippen molar-refractivity contribution in [1.29, 1.82) is 0 Å². The minimum Gasteiger partial charge on any atom is -0.449 e. The van der Waals surface area contributed by atoms with Crippen molar-refractivity contribution in [1.82, 2.24) is 4.90 Å². The lowest BCUT2D eigenvalue weighted by Crippen LogP contribution is -2.18. The summed E-state index contributed by atoms with van der Waals surface area (Å²) in [6.07, 6.45) is 0.978. The van der Waals surface area contributed by atoms with E-state index >= 15 is 0 Å². The summed E-state index contributed by atoms with van der Waals surface area (Å²) in [6.45, 7) is 1.93. The summed E-state index contributed by atoms with van der Waals surface area (Å²) in [5.74, 6) is 0. The van der Waals surface area contributed by atoms with E-state index in [-0.39, 0.29) is 0 Å². The maximum atomic E-state index is 6.26. The summed E-state index contributed by atoms with van der Waals surface area (Å²) in [5, 5.41) is 2.04. The van der Waals surface area contributed by atoms with Gasteiger partial charge in [0.1, 0.15) is 5.58 Å². The van der Waals surface area contributed by atoms with Gasteiger partial charge >= 0.3 is 0 Å². The van der Waals surface area contributed by atoms with Gasteiger partial charge in [-0.3, -0.25) is 0 Å². The molecule has 1 aromatic heterocycles. The molecule has 4 heteroatoms. The molecule has 0 saturated carbocycles. The molecule has 0 aliphatic carbocycles. The van der Waals surface area contributed by atoms with E-state index < -0.39 is 0 Å². The molecule has 0 N–H and O–H groups in total. The zero-order valence-corrected chi connectivity index (χ0v) is 11.2. The molecule has 16 heavy (non-hydrogen) atoms. The highest BCUT2D eigenvalue weighted by Crippen LogP contribution is 2.38. The zero-order chi connectivity index (χ0) is 11.3. The number of likely N-dealkylation sites (N-methyl/N-ethyl adjacent to an activating group) is 1. The van der Waals surface area contributed by atoms with Crippen LogP contribution in [0.1, 0.15) is 11.1 Å². The highest BCUT2D eigenvalue weighted by molar-refractivity contribution is 9.10. The zero-order valence-electron chi connectivity index (χ0n) is 8.89. The standard InChI is InChI=1S/C12H11BrClNO/c1-15-5-4-7-9(14)2-3-10-11(7)8(6-15)12(13)16-10/h2-3H,4-6H2,1H3. The van der Waals surface area contributed by atoms with Gasteiger partial charge in [-0.05, 0) is 47.1 Å². The first kappa shape index (κ1) is 10.6. The van der Waals surface area contributed by atoms with Crippen molar-refractivity contribution in [3.8, 4) is 0 Å². The molecule has 1 aromatic carbocycles. The van der Waals surface area contributed by atoms with Crippen molar-refractivity contribution in [2.24, 2.45) is 0 Å². The van der Waals surface area contributed by atoms with Gasteiger partial charge in [-0.2, -0.15) is 0 Å². The molecule has 2 nitrogen and oxygen atoms in total. The third-order valence-electron chi connectivity index (χ3n) is 3.13. The monoisotopic (exact) mass is 299 g/mol. The van der Waals surface area contributed by atoms with Crippen molar-refractivity contribution in [3.63, 3.8) is 0 Å². The predicted octanol–water partition coefficient (Wildman–Crippen LogP) is 3.84. The van der Waals surface area contributed by atoms with Gasteiger partial charge in [-0.25, -0.2) is 0 Å². The number of hydrogen-bond acceptors (Lipinski definition) is 2. The Bertz CT molecular complexity index is 564. The van der Waals surface area contributed by atoms with Crippen LogP contribution < -0.4 is 0 Å². The summed E-state index contributed by atoms with van der Waals surface area (Å²) >= 11 is 9.75. The molecule has 0 saturated heterocycles. The lowest BCUT2D eigenvalue weighted by Gasteiger charge is -2.12. The van der Waals surface area contributed by atoms with Gasteiger partial charge in [0.05, 0.1) is 0 Å². The van der Waals surface area contributed by atoms with E-state index in [1.807, 2.05) is 12.1 Å². The topological polar surface area (TPSA) is 16.4 Å². The van der Waals surface area contributed by atoms with Crippen LogP contribution in [0.4, 0.5) is 0 Å². The average molecular weight is 301 g/mol. The summed E-state index contributed by atoms with van der Waals surface area (Å²) < 4.78 is 6.53. The molecule has 1 aliphatic heterocycles. The van der Waals surface area contributed by atoms with Gasteiger partial charge in [-0.15, -0.1) is 0 Å². The normalized spacial score (nSPS) is 16.7. The Balaban J connectivity index is 2.38. The second-order valence-corrected chi connectivity index (χ2v) is 5.37. The van der Waals surface area contributed by atoms with Crippen molar-refractivity contribution >= 4 is 38.5 Å². The molecule has 0 bridgehead atoms. The molecule has 0 amide bonds. The quantitative estimate of drug-likeness (QED) is 0.735. The number of rotatable bonds is 0. The molecule has 0 fully saturated rings. The summed E-state index contributed by atoms with van der Waals surface area (Å²) in [6, 6.07) is 3.87. The minimum absolute atomic E-state index is 0.833. The first-order valence-corrected chi connectivity index (χ1v) is 6.40. The third kappa shape index (κ3) is 1.50. The maximum Gasteiger partial charge on any atom is 0.175 e. The van der Waals surface area contributed by atoms with Crippen molar-refractivity contribution in [2.45, 2.75) is 13.0 Å². The fraction of sp³-hybridized carbons (Fsp3) is 0.333. The Morgan fingerprint density at radius 1 is 1.38 bits per heavy atom. The van der Waals surface area contributed by atoms with E-state index in [0.29, 0.717) is 0 Å². The number of hydrogen-bond donors (Lipinski definition) is 0. The lowest BCUT2D eigenvalue weighted by atomic mass is 10.1. The van der Waals surface area contributed by atoms with Gasteiger partial charge in [0, 0.05) is 29.1 Å². The van der Waals surface area contributed by atoms with E-state index in [2.05, 4.69) is 27.9 Å². The number of nitrogens with zero attached hydrogens (tertiary/aromatic N) is 1. The Hall–Kier alpha value is -0.510. The number of halogens is 2. The third-order valence-corrected chi connectivity index (χ3v) is 4.12. The van der Waals surface area contributed by atoms with Crippen LogP contribution >= 0.6 is 27.5 Å². The van der Waals surface area contributed by atoms with Gasteiger partial charge in [0.2, 0.25) is 0 Å². The van der Waals surface area contributed by atoms with Crippen LogP contribution in [-0.4, -0.2) is 18.5 Å². The highest BCUT2D eigenvalue weighted by Gasteiger charge is 2.21. The summed E-state index contributed by atoms with van der Waals surface area (Å²) in [4.78, 5) is 2.28. The molecular weight excluding hydrogens is 289 g/mol. The molecular formula is C12H11BrClNO. The Labute approximate surface area is 107 Å².